The summed E-state index contributed by atoms with van der Waals surface area (Å²) >= 11 is 1.04. The van der Waals surface area contributed by atoms with E-state index >= 15 is 0 Å². The highest BCUT2D eigenvalue weighted by atomic mass is 32.1. The van der Waals surface area contributed by atoms with E-state index in [4.69, 9.17) is 5.84 Å². The van der Waals surface area contributed by atoms with Gasteiger partial charge in [-0.2, -0.15) is 0 Å². The molecule has 0 aliphatic carbocycles. The number of benzene rings is 1. The van der Waals surface area contributed by atoms with E-state index in [9.17, 15) is 9.59 Å². The second kappa shape index (κ2) is 5.43. The number of nitrogens with zero attached hydrogens (tertiary/aromatic N) is 3. The van der Waals surface area contributed by atoms with E-state index < -0.39 is 0 Å². The first-order chi connectivity index (χ1) is 10.2. The molecule has 0 saturated carbocycles. The van der Waals surface area contributed by atoms with Crippen LogP contribution >= 0.6 is 11.3 Å². The Morgan fingerprint density at radius 3 is 2.71 bits per heavy atom. The van der Waals surface area contributed by atoms with Crippen LogP contribution in [0.2, 0.25) is 0 Å². The smallest absolute Gasteiger partial charge is 0.307 e. The van der Waals surface area contributed by atoms with Crippen molar-refractivity contribution in [3.63, 3.8) is 0 Å². The summed E-state index contributed by atoms with van der Waals surface area (Å²) in [5, 5.41) is 0.523. The summed E-state index contributed by atoms with van der Waals surface area (Å²) in [5.74, 6) is 5.62. The number of nitrogens with two attached hydrogens (primary N) is 1. The summed E-state index contributed by atoms with van der Waals surface area (Å²) in [7, 11) is 0. The van der Waals surface area contributed by atoms with Crippen LogP contribution in [0, 0.1) is 0 Å². The van der Waals surface area contributed by atoms with Gasteiger partial charge in [0, 0.05) is 4.70 Å². The molecule has 0 aliphatic rings. The summed E-state index contributed by atoms with van der Waals surface area (Å²) in [6, 6.07) is 7.03. The molecule has 0 amide bonds. The molecular formula is C13H11N5O2S. The van der Waals surface area contributed by atoms with Crippen molar-refractivity contribution in [2.24, 2.45) is 5.84 Å². The van der Waals surface area contributed by atoms with Crippen molar-refractivity contribution >= 4 is 27.2 Å². The molecule has 3 N–H and O–H groups in total. The number of nitrogens with one attached hydrogen (secondary N) is 1. The summed E-state index contributed by atoms with van der Waals surface area (Å²) in [6.45, 7) is 0.0802. The van der Waals surface area contributed by atoms with E-state index in [1.165, 1.54) is 12.4 Å². The minimum absolute atomic E-state index is 0.0802. The van der Waals surface area contributed by atoms with Gasteiger partial charge in [-0.3, -0.25) is 19.1 Å². The fourth-order valence-corrected chi connectivity index (χ4v) is 2.78. The molecule has 2 heterocycles. The van der Waals surface area contributed by atoms with Gasteiger partial charge in [-0.1, -0.05) is 23.5 Å². The molecule has 8 heteroatoms. The Morgan fingerprint density at radius 1 is 1.19 bits per heavy atom. The van der Waals surface area contributed by atoms with Crippen molar-refractivity contribution in [2.75, 3.05) is 5.43 Å². The predicted molar refractivity (Wildman–Crippen MR) is 81.3 cm³/mol. The standard InChI is InChI=1S/C13H11N5O2S/c14-17-11-6-15-8(5-16-11)7-18-12(19)9-3-1-2-4-10(9)21-13(18)20/h1-6H,7,14H2,(H,16,17). The number of aromatic nitrogens is 3. The maximum absolute atomic E-state index is 12.4. The van der Waals surface area contributed by atoms with Crippen molar-refractivity contribution in [2.45, 2.75) is 6.54 Å². The van der Waals surface area contributed by atoms with E-state index in [0.717, 1.165) is 15.9 Å². The average molecular weight is 301 g/mol. The Kier molecular flexibility index (Phi) is 3.46. The number of hydrogen-bond donors (Lipinski definition) is 2. The van der Waals surface area contributed by atoms with Crippen LogP contribution < -0.4 is 21.7 Å². The van der Waals surface area contributed by atoms with Gasteiger partial charge in [-0.15, -0.1) is 0 Å². The van der Waals surface area contributed by atoms with Gasteiger partial charge < -0.3 is 5.43 Å². The van der Waals surface area contributed by atoms with Crippen LogP contribution in [0.5, 0.6) is 0 Å². The molecule has 21 heavy (non-hydrogen) atoms. The summed E-state index contributed by atoms with van der Waals surface area (Å²) < 4.78 is 1.84. The third-order valence-corrected chi connectivity index (χ3v) is 3.92. The van der Waals surface area contributed by atoms with Crippen molar-refractivity contribution < 1.29 is 0 Å². The highest BCUT2D eigenvalue weighted by Crippen LogP contribution is 2.11. The number of hydrazine groups is 1. The van der Waals surface area contributed by atoms with E-state index in [-0.39, 0.29) is 17.0 Å². The lowest BCUT2D eigenvalue weighted by Gasteiger charge is -2.05. The van der Waals surface area contributed by atoms with Crippen LogP contribution in [-0.2, 0) is 6.54 Å². The van der Waals surface area contributed by atoms with Gasteiger partial charge in [0.1, 0.15) is 0 Å². The lowest BCUT2D eigenvalue weighted by molar-refractivity contribution is 0.729. The molecule has 3 aromatic rings. The van der Waals surface area contributed by atoms with Crippen molar-refractivity contribution in [1.82, 2.24) is 14.5 Å². The van der Waals surface area contributed by atoms with Gasteiger partial charge in [0.15, 0.2) is 5.82 Å². The lowest BCUT2D eigenvalue weighted by Crippen LogP contribution is -2.31. The van der Waals surface area contributed by atoms with Gasteiger partial charge in [0.05, 0.1) is 30.0 Å². The van der Waals surface area contributed by atoms with Crippen molar-refractivity contribution in [1.29, 1.82) is 0 Å². The molecular weight excluding hydrogens is 290 g/mol. The minimum Gasteiger partial charge on any atom is -0.307 e. The van der Waals surface area contributed by atoms with Crippen molar-refractivity contribution in [3.8, 4) is 0 Å². The number of fused-ring (bicyclic) bond motifs is 1. The zero-order valence-corrected chi connectivity index (χ0v) is 11.6. The van der Waals surface area contributed by atoms with Crippen LogP contribution in [0.15, 0.2) is 46.2 Å². The number of anilines is 1. The summed E-state index contributed by atoms with van der Waals surface area (Å²) in [5.41, 5.74) is 2.55. The summed E-state index contributed by atoms with van der Waals surface area (Å²) in [4.78, 5) is 32.2. The highest BCUT2D eigenvalue weighted by Gasteiger charge is 2.09. The van der Waals surface area contributed by atoms with Gasteiger partial charge in [0.2, 0.25) is 0 Å². The number of hydrogen-bond acceptors (Lipinski definition) is 7. The maximum atomic E-state index is 12.4. The first kappa shape index (κ1) is 13.4. The first-order valence-corrected chi connectivity index (χ1v) is 6.91. The third-order valence-electron chi connectivity index (χ3n) is 2.95. The monoisotopic (exact) mass is 301 g/mol. The maximum Gasteiger partial charge on any atom is 0.310 e. The number of nitrogen functional groups attached to an aromatic ring is 1. The van der Waals surface area contributed by atoms with Crippen LogP contribution in [0.4, 0.5) is 5.82 Å². The Labute approximate surface area is 122 Å². The Hall–Kier alpha value is -2.58. The van der Waals surface area contributed by atoms with Gasteiger partial charge in [-0.25, -0.2) is 10.8 Å². The predicted octanol–water partition coefficient (Wildman–Crippen LogP) is 0.547. The molecule has 0 saturated heterocycles. The molecule has 3 rings (SSSR count). The highest BCUT2D eigenvalue weighted by molar-refractivity contribution is 7.16. The average Bonchev–Trinajstić information content (AvgIpc) is 2.52. The SMILES string of the molecule is NNc1cnc(Cn2c(=O)sc3ccccc3c2=O)cn1. The molecule has 0 spiro atoms. The second-order valence-electron chi connectivity index (χ2n) is 4.29. The third kappa shape index (κ3) is 2.54. The fourth-order valence-electron chi connectivity index (χ4n) is 1.92. The molecule has 0 radical (unpaired) electrons. The van der Waals surface area contributed by atoms with Crippen LogP contribution in [0.1, 0.15) is 5.69 Å². The van der Waals surface area contributed by atoms with Gasteiger partial charge in [-0.05, 0) is 12.1 Å². The molecule has 2 aromatic heterocycles. The largest absolute Gasteiger partial charge is 0.310 e. The second-order valence-corrected chi connectivity index (χ2v) is 5.29. The zero-order chi connectivity index (χ0) is 14.8. The molecule has 0 atom stereocenters. The molecule has 0 bridgehead atoms. The topological polar surface area (TPSA) is 103 Å². The van der Waals surface area contributed by atoms with Crippen molar-refractivity contribution in [3.05, 3.63) is 62.4 Å². The quantitative estimate of drug-likeness (QED) is 0.541. The molecule has 0 aliphatic heterocycles. The zero-order valence-electron chi connectivity index (χ0n) is 10.8. The molecule has 106 valence electrons. The Bertz CT molecular complexity index is 901. The molecule has 7 nitrogen and oxygen atoms in total. The van der Waals surface area contributed by atoms with Crippen LogP contribution in [-0.4, -0.2) is 14.5 Å². The van der Waals surface area contributed by atoms with Crippen LogP contribution in [0.3, 0.4) is 0 Å². The molecule has 0 unspecified atom stereocenters. The van der Waals surface area contributed by atoms with E-state index in [2.05, 4.69) is 15.4 Å². The normalized spacial score (nSPS) is 10.7. The first-order valence-electron chi connectivity index (χ1n) is 6.09. The van der Waals surface area contributed by atoms with E-state index in [0.29, 0.717) is 21.6 Å². The Morgan fingerprint density at radius 2 is 2.00 bits per heavy atom. The van der Waals surface area contributed by atoms with Gasteiger partial charge >= 0.3 is 4.87 Å². The molecule has 1 aromatic carbocycles. The number of rotatable bonds is 3. The van der Waals surface area contributed by atoms with Gasteiger partial charge in [0.25, 0.3) is 5.56 Å². The summed E-state index contributed by atoms with van der Waals surface area (Å²) in [6.07, 6.45) is 2.91. The van der Waals surface area contributed by atoms with E-state index in [1.807, 2.05) is 0 Å². The minimum atomic E-state index is -0.322. The fraction of sp³-hybridized carbons (Fsp3) is 0.0769. The van der Waals surface area contributed by atoms with E-state index in [1.54, 1.807) is 24.3 Å². The molecule has 0 fully saturated rings. The Balaban J connectivity index is 2.07. The lowest BCUT2D eigenvalue weighted by atomic mass is 10.3. The van der Waals surface area contributed by atoms with Crippen LogP contribution in [0.25, 0.3) is 10.1 Å².